The molecule has 0 saturated carbocycles. The number of primary amides is 1. The van der Waals surface area contributed by atoms with Crippen LogP contribution in [-0.2, 0) is 9.59 Å². The first-order chi connectivity index (χ1) is 10.0. The molecule has 2 aliphatic rings. The number of hydrogen-bond acceptors (Lipinski definition) is 3. The molecule has 0 aliphatic carbocycles. The predicted molar refractivity (Wildman–Crippen MR) is 82.6 cm³/mol. The zero-order valence-electron chi connectivity index (χ0n) is 13.4. The summed E-state index contributed by atoms with van der Waals surface area (Å²) in [4.78, 5) is 28.3. The lowest BCUT2D eigenvalue weighted by atomic mass is 9.94. The van der Waals surface area contributed by atoms with E-state index in [1.54, 1.807) is 0 Å². The highest BCUT2D eigenvalue weighted by Gasteiger charge is 2.33. The molecular weight excluding hydrogens is 266 g/mol. The summed E-state index contributed by atoms with van der Waals surface area (Å²) in [6.45, 7) is 6.67. The van der Waals surface area contributed by atoms with Gasteiger partial charge in [0.1, 0.15) is 0 Å². The Morgan fingerprint density at radius 2 is 1.81 bits per heavy atom. The topological polar surface area (TPSA) is 66.6 Å². The fourth-order valence-electron chi connectivity index (χ4n) is 3.68. The molecule has 2 unspecified atom stereocenters. The van der Waals surface area contributed by atoms with Crippen LogP contribution >= 0.6 is 0 Å². The van der Waals surface area contributed by atoms with Crippen molar-refractivity contribution in [1.29, 1.82) is 0 Å². The van der Waals surface area contributed by atoms with Gasteiger partial charge in [0, 0.05) is 18.5 Å². The van der Waals surface area contributed by atoms with Crippen molar-refractivity contribution < 1.29 is 9.59 Å². The number of hydrogen-bond donors (Lipinski definition) is 1. The second kappa shape index (κ2) is 7.25. The summed E-state index contributed by atoms with van der Waals surface area (Å²) in [5.74, 6) is 0.0525. The largest absolute Gasteiger partial charge is 0.369 e. The Balaban J connectivity index is 1.91. The standard InChI is InChI=1S/C16H29N3O2/c1-3-14-6-4-5-9-19(14)16(21)12(2)18-10-7-13(8-11-18)15(17)20/h12-14H,3-11H2,1-2H3,(H2,17,20). The van der Waals surface area contributed by atoms with Crippen molar-refractivity contribution in [3.05, 3.63) is 0 Å². The summed E-state index contributed by atoms with van der Waals surface area (Å²) in [7, 11) is 0. The molecule has 2 rings (SSSR count). The van der Waals surface area contributed by atoms with E-state index in [2.05, 4.69) is 16.7 Å². The van der Waals surface area contributed by atoms with Crippen LogP contribution in [0.3, 0.4) is 0 Å². The minimum Gasteiger partial charge on any atom is -0.369 e. The minimum absolute atomic E-state index is 0.0121. The first kappa shape index (κ1) is 16.3. The van der Waals surface area contributed by atoms with Gasteiger partial charge in [0.25, 0.3) is 0 Å². The van der Waals surface area contributed by atoms with Crippen molar-refractivity contribution in [3.63, 3.8) is 0 Å². The van der Waals surface area contributed by atoms with Crippen LogP contribution in [0.1, 0.15) is 52.4 Å². The maximum Gasteiger partial charge on any atom is 0.239 e. The van der Waals surface area contributed by atoms with Crippen molar-refractivity contribution in [3.8, 4) is 0 Å². The van der Waals surface area contributed by atoms with E-state index in [1.807, 2.05) is 6.92 Å². The second-order valence-corrected chi connectivity index (χ2v) is 6.48. The Morgan fingerprint density at radius 3 is 2.38 bits per heavy atom. The van der Waals surface area contributed by atoms with E-state index in [1.165, 1.54) is 6.42 Å². The number of nitrogens with zero attached hydrogens (tertiary/aromatic N) is 2. The lowest BCUT2D eigenvalue weighted by molar-refractivity contribution is -0.141. The summed E-state index contributed by atoms with van der Waals surface area (Å²) in [5, 5.41) is 0. The summed E-state index contributed by atoms with van der Waals surface area (Å²) in [5.41, 5.74) is 5.37. The highest BCUT2D eigenvalue weighted by atomic mass is 16.2. The Hall–Kier alpha value is -1.10. The Bertz CT molecular complexity index is 378. The highest BCUT2D eigenvalue weighted by Crippen LogP contribution is 2.23. The molecule has 5 nitrogen and oxygen atoms in total. The molecule has 2 atom stereocenters. The van der Waals surface area contributed by atoms with Gasteiger partial charge in [-0.25, -0.2) is 0 Å². The lowest BCUT2D eigenvalue weighted by Crippen LogP contribution is -2.54. The number of carbonyl (C=O) groups is 2. The van der Waals surface area contributed by atoms with E-state index in [0.717, 1.165) is 51.7 Å². The molecule has 2 N–H and O–H groups in total. The average molecular weight is 295 g/mol. The Kier molecular flexibility index (Phi) is 5.62. The van der Waals surface area contributed by atoms with Gasteiger partial charge in [0.05, 0.1) is 6.04 Å². The molecule has 2 saturated heterocycles. The van der Waals surface area contributed by atoms with E-state index in [0.29, 0.717) is 6.04 Å². The lowest BCUT2D eigenvalue weighted by Gasteiger charge is -2.41. The van der Waals surface area contributed by atoms with Gasteiger partial charge < -0.3 is 10.6 Å². The van der Waals surface area contributed by atoms with E-state index >= 15 is 0 Å². The van der Waals surface area contributed by atoms with Crippen molar-refractivity contribution >= 4 is 11.8 Å². The van der Waals surface area contributed by atoms with E-state index in [4.69, 9.17) is 5.73 Å². The minimum atomic E-state index is -0.198. The summed E-state index contributed by atoms with van der Waals surface area (Å²) >= 11 is 0. The molecule has 2 heterocycles. The molecule has 0 radical (unpaired) electrons. The van der Waals surface area contributed by atoms with Gasteiger partial charge in [0.2, 0.25) is 11.8 Å². The Labute approximate surface area is 127 Å². The highest BCUT2D eigenvalue weighted by molar-refractivity contribution is 5.82. The van der Waals surface area contributed by atoms with Gasteiger partial charge in [-0.3, -0.25) is 14.5 Å². The maximum atomic E-state index is 12.8. The van der Waals surface area contributed by atoms with Crippen LogP contribution in [-0.4, -0.2) is 53.3 Å². The third kappa shape index (κ3) is 3.76. The quantitative estimate of drug-likeness (QED) is 0.851. The van der Waals surface area contributed by atoms with Crippen molar-refractivity contribution in [1.82, 2.24) is 9.80 Å². The third-order valence-corrected chi connectivity index (χ3v) is 5.22. The van der Waals surface area contributed by atoms with Crippen molar-refractivity contribution in [2.45, 2.75) is 64.5 Å². The van der Waals surface area contributed by atoms with Crippen LogP contribution in [0, 0.1) is 5.92 Å². The molecular formula is C16H29N3O2. The number of likely N-dealkylation sites (tertiary alicyclic amines) is 2. The fraction of sp³-hybridized carbons (Fsp3) is 0.875. The monoisotopic (exact) mass is 295 g/mol. The van der Waals surface area contributed by atoms with Gasteiger partial charge in [-0.15, -0.1) is 0 Å². The Morgan fingerprint density at radius 1 is 1.14 bits per heavy atom. The molecule has 0 aromatic heterocycles. The molecule has 0 spiro atoms. The van der Waals surface area contributed by atoms with Crippen LogP contribution in [0.25, 0.3) is 0 Å². The number of nitrogens with two attached hydrogens (primary N) is 1. The molecule has 2 fully saturated rings. The summed E-state index contributed by atoms with van der Waals surface area (Å²) in [6, 6.07) is 0.336. The van der Waals surface area contributed by atoms with Gasteiger partial charge in [-0.2, -0.15) is 0 Å². The van der Waals surface area contributed by atoms with Crippen molar-refractivity contribution in [2.75, 3.05) is 19.6 Å². The van der Waals surface area contributed by atoms with Crippen LogP contribution in [0.2, 0.25) is 0 Å². The zero-order valence-corrected chi connectivity index (χ0v) is 13.4. The first-order valence-corrected chi connectivity index (χ1v) is 8.38. The van der Waals surface area contributed by atoms with Crippen LogP contribution in [0.15, 0.2) is 0 Å². The number of amides is 2. The van der Waals surface area contributed by atoms with E-state index < -0.39 is 0 Å². The SMILES string of the molecule is CCC1CCCCN1C(=O)C(C)N1CCC(C(N)=O)CC1. The smallest absolute Gasteiger partial charge is 0.239 e. The molecule has 21 heavy (non-hydrogen) atoms. The van der Waals surface area contributed by atoms with Gasteiger partial charge in [-0.05, 0) is 58.5 Å². The molecule has 5 heteroatoms. The van der Waals surface area contributed by atoms with E-state index in [9.17, 15) is 9.59 Å². The van der Waals surface area contributed by atoms with Gasteiger partial charge in [-0.1, -0.05) is 6.92 Å². The molecule has 0 aromatic carbocycles. The van der Waals surface area contributed by atoms with Crippen molar-refractivity contribution in [2.24, 2.45) is 11.7 Å². The van der Waals surface area contributed by atoms with Crippen LogP contribution in [0.4, 0.5) is 0 Å². The fourth-order valence-corrected chi connectivity index (χ4v) is 3.68. The number of rotatable bonds is 4. The molecule has 0 aromatic rings. The van der Waals surface area contributed by atoms with Gasteiger partial charge >= 0.3 is 0 Å². The summed E-state index contributed by atoms with van der Waals surface area (Å²) < 4.78 is 0. The second-order valence-electron chi connectivity index (χ2n) is 6.48. The van der Waals surface area contributed by atoms with Crippen LogP contribution < -0.4 is 5.73 Å². The molecule has 120 valence electrons. The molecule has 0 bridgehead atoms. The van der Waals surface area contributed by atoms with Gasteiger partial charge in [0.15, 0.2) is 0 Å². The maximum absolute atomic E-state index is 12.8. The average Bonchev–Trinajstić information content (AvgIpc) is 2.53. The summed E-state index contributed by atoms with van der Waals surface area (Å²) in [6.07, 6.45) is 6.11. The molecule has 2 aliphatic heterocycles. The normalized spacial score (nSPS) is 26.6. The number of piperidine rings is 2. The molecule has 2 amide bonds. The third-order valence-electron chi connectivity index (χ3n) is 5.22. The van der Waals surface area contributed by atoms with Crippen LogP contribution in [0.5, 0.6) is 0 Å². The number of carbonyl (C=O) groups excluding carboxylic acids is 2. The van der Waals surface area contributed by atoms with E-state index in [-0.39, 0.29) is 23.8 Å². The zero-order chi connectivity index (χ0) is 15.4. The first-order valence-electron chi connectivity index (χ1n) is 8.38. The predicted octanol–water partition coefficient (Wildman–Crippen LogP) is 1.36.